The normalized spacial score (nSPS) is 30.9. The maximum absolute atomic E-state index is 12.7. The quantitative estimate of drug-likeness (QED) is 0.341. The standard InChI is InChI=1S/C22H26N2O5/c1-14(29-20(25)7-4-15-2-5-19(6-3-15)24(27)28)21(26)23-22-11-16-8-17(12-22)10-18(9-16)13-22/h2-7,14,16-18H,8-13H2,1H3,(H,23,26)/b7-4+/t14-,16?,17?,18?,22?/m0/s1. The minimum atomic E-state index is -0.864. The van der Waals surface area contributed by atoms with Crippen LogP contribution in [0.4, 0.5) is 5.69 Å². The van der Waals surface area contributed by atoms with Crippen LogP contribution in [0.5, 0.6) is 0 Å². The van der Waals surface area contributed by atoms with Gasteiger partial charge in [-0.2, -0.15) is 0 Å². The largest absolute Gasteiger partial charge is 0.449 e. The first-order chi connectivity index (χ1) is 13.8. The highest BCUT2D eigenvalue weighted by Crippen LogP contribution is 2.55. The average Bonchev–Trinajstić information content (AvgIpc) is 2.65. The Kier molecular flexibility index (Phi) is 5.15. The van der Waals surface area contributed by atoms with Crippen LogP contribution in [-0.2, 0) is 14.3 Å². The van der Waals surface area contributed by atoms with E-state index in [1.807, 2.05) is 0 Å². The molecule has 1 aromatic rings. The Bertz CT molecular complexity index is 810. The molecule has 0 aliphatic heterocycles. The Hall–Kier alpha value is -2.70. The first-order valence-corrected chi connectivity index (χ1v) is 10.3. The van der Waals surface area contributed by atoms with Crippen molar-refractivity contribution in [2.45, 2.75) is 57.1 Å². The van der Waals surface area contributed by atoms with Crippen LogP contribution in [0.15, 0.2) is 30.3 Å². The maximum atomic E-state index is 12.7. The van der Waals surface area contributed by atoms with E-state index in [9.17, 15) is 19.7 Å². The summed E-state index contributed by atoms with van der Waals surface area (Å²) < 4.78 is 5.26. The van der Waals surface area contributed by atoms with Crippen molar-refractivity contribution >= 4 is 23.6 Å². The van der Waals surface area contributed by atoms with Gasteiger partial charge in [0.05, 0.1) is 4.92 Å². The molecule has 4 saturated carbocycles. The number of nitro groups is 1. The lowest BCUT2D eigenvalue weighted by atomic mass is 9.53. The van der Waals surface area contributed by atoms with E-state index in [1.165, 1.54) is 43.5 Å². The van der Waals surface area contributed by atoms with Crippen molar-refractivity contribution in [2.24, 2.45) is 17.8 Å². The summed E-state index contributed by atoms with van der Waals surface area (Å²) in [5.41, 5.74) is 0.513. The van der Waals surface area contributed by atoms with Gasteiger partial charge < -0.3 is 10.1 Å². The van der Waals surface area contributed by atoms with Gasteiger partial charge in [0.2, 0.25) is 0 Å². The highest BCUT2D eigenvalue weighted by Gasteiger charge is 2.51. The number of esters is 1. The highest BCUT2D eigenvalue weighted by atomic mass is 16.6. The van der Waals surface area contributed by atoms with Crippen LogP contribution in [0.2, 0.25) is 0 Å². The first-order valence-electron chi connectivity index (χ1n) is 10.3. The van der Waals surface area contributed by atoms with Gasteiger partial charge in [-0.25, -0.2) is 4.79 Å². The minimum Gasteiger partial charge on any atom is -0.449 e. The number of amides is 1. The van der Waals surface area contributed by atoms with Gasteiger partial charge in [0.25, 0.3) is 11.6 Å². The summed E-state index contributed by atoms with van der Waals surface area (Å²) in [5, 5.41) is 13.9. The molecule has 0 heterocycles. The Morgan fingerprint density at radius 1 is 1.14 bits per heavy atom. The van der Waals surface area contributed by atoms with E-state index in [0.717, 1.165) is 37.0 Å². The number of nitrogens with one attached hydrogen (secondary N) is 1. The second kappa shape index (κ2) is 7.61. The molecule has 4 aliphatic carbocycles. The molecule has 0 unspecified atom stereocenters. The molecule has 1 amide bonds. The number of hydrogen-bond acceptors (Lipinski definition) is 5. The molecule has 5 rings (SSSR count). The van der Waals surface area contributed by atoms with E-state index in [4.69, 9.17) is 4.74 Å². The molecule has 0 radical (unpaired) electrons. The summed E-state index contributed by atoms with van der Waals surface area (Å²) in [4.78, 5) is 34.9. The fraction of sp³-hybridized carbons (Fsp3) is 0.545. The molecule has 0 aromatic heterocycles. The van der Waals surface area contributed by atoms with Crippen molar-refractivity contribution in [2.75, 3.05) is 0 Å². The van der Waals surface area contributed by atoms with E-state index in [-0.39, 0.29) is 17.1 Å². The van der Waals surface area contributed by atoms with E-state index < -0.39 is 17.0 Å². The van der Waals surface area contributed by atoms with Gasteiger partial charge in [0.1, 0.15) is 0 Å². The van der Waals surface area contributed by atoms with Crippen LogP contribution >= 0.6 is 0 Å². The average molecular weight is 398 g/mol. The zero-order valence-corrected chi connectivity index (χ0v) is 16.5. The lowest BCUT2D eigenvalue weighted by Crippen LogP contribution is -2.61. The molecular formula is C22H26N2O5. The molecule has 0 spiro atoms. The topological polar surface area (TPSA) is 98.5 Å². The maximum Gasteiger partial charge on any atom is 0.331 e. The number of benzene rings is 1. The predicted molar refractivity (Wildman–Crippen MR) is 107 cm³/mol. The van der Waals surface area contributed by atoms with Crippen molar-refractivity contribution in [3.8, 4) is 0 Å². The highest BCUT2D eigenvalue weighted by molar-refractivity contribution is 5.90. The Labute approximate surface area is 169 Å². The summed E-state index contributed by atoms with van der Waals surface area (Å²) in [6.07, 6.45) is 8.91. The molecule has 4 aliphatic rings. The third kappa shape index (κ3) is 4.33. The number of ether oxygens (including phenoxy) is 1. The monoisotopic (exact) mass is 398 g/mol. The van der Waals surface area contributed by atoms with Crippen molar-refractivity contribution in [3.63, 3.8) is 0 Å². The van der Waals surface area contributed by atoms with Gasteiger partial charge in [-0.1, -0.05) is 0 Å². The van der Waals surface area contributed by atoms with Gasteiger partial charge in [-0.05, 0) is 87.0 Å². The van der Waals surface area contributed by atoms with Crippen molar-refractivity contribution in [1.82, 2.24) is 5.32 Å². The summed E-state index contributed by atoms with van der Waals surface area (Å²) in [5.74, 6) is 1.33. The summed E-state index contributed by atoms with van der Waals surface area (Å²) in [7, 11) is 0. The molecule has 29 heavy (non-hydrogen) atoms. The lowest BCUT2D eigenvalue weighted by Gasteiger charge is -2.57. The molecule has 1 atom stereocenters. The zero-order valence-electron chi connectivity index (χ0n) is 16.5. The van der Waals surface area contributed by atoms with Gasteiger partial charge in [-0.15, -0.1) is 0 Å². The minimum absolute atomic E-state index is 0.0142. The van der Waals surface area contributed by atoms with Crippen molar-refractivity contribution in [3.05, 3.63) is 46.0 Å². The fourth-order valence-corrected chi connectivity index (χ4v) is 5.77. The lowest BCUT2D eigenvalue weighted by molar-refractivity contribution is -0.384. The number of non-ortho nitro benzene ring substituents is 1. The Morgan fingerprint density at radius 2 is 1.69 bits per heavy atom. The summed E-state index contributed by atoms with van der Waals surface area (Å²) in [6.45, 7) is 1.59. The fourth-order valence-electron chi connectivity index (χ4n) is 5.77. The molecule has 4 bridgehead atoms. The number of carbonyl (C=O) groups is 2. The van der Waals surface area contributed by atoms with Crippen LogP contribution in [0.3, 0.4) is 0 Å². The summed E-state index contributed by atoms with van der Waals surface area (Å²) in [6, 6.07) is 5.83. The SMILES string of the molecule is C[C@H](OC(=O)/C=C/c1ccc([N+](=O)[O-])cc1)C(=O)NC12CC3CC(CC(C3)C1)C2. The van der Waals surface area contributed by atoms with Crippen LogP contribution in [0.25, 0.3) is 6.08 Å². The molecule has 7 heteroatoms. The first kappa shape index (κ1) is 19.6. The molecule has 154 valence electrons. The summed E-state index contributed by atoms with van der Waals surface area (Å²) >= 11 is 0. The van der Waals surface area contributed by atoms with Crippen molar-refractivity contribution < 1.29 is 19.2 Å². The molecule has 1 N–H and O–H groups in total. The van der Waals surface area contributed by atoms with E-state index >= 15 is 0 Å². The van der Waals surface area contributed by atoms with Gasteiger partial charge in [-0.3, -0.25) is 14.9 Å². The Morgan fingerprint density at radius 3 is 2.21 bits per heavy atom. The molecule has 7 nitrogen and oxygen atoms in total. The number of carbonyl (C=O) groups excluding carboxylic acids is 2. The zero-order chi connectivity index (χ0) is 20.6. The predicted octanol–water partition coefficient (Wildman–Crippen LogP) is 3.62. The van der Waals surface area contributed by atoms with Crippen LogP contribution in [0.1, 0.15) is 51.0 Å². The van der Waals surface area contributed by atoms with E-state index in [1.54, 1.807) is 19.1 Å². The number of hydrogen-bond donors (Lipinski definition) is 1. The Balaban J connectivity index is 1.30. The number of nitrogens with zero attached hydrogens (tertiary/aromatic N) is 1. The molecule has 0 saturated heterocycles. The molecular weight excluding hydrogens is 372 g/mol. The molecule has 1 aromatic carbocycles. The second-order valence-electron chi connectivity index (χ2n) is 8.95. The second-order valence-corrected chi connectivity index (χ2v) is 8.95. The van der Waals surface area contributed by atoms with Crippen LogP contribution < -0.4 is 5.32 Å². The smallest absolute Gasteiger partial charge is 0.331 e. The molecule has 4 fully saturated rings. The van der Waals surface area contributed by atoms with E-state index in [0.29, 0.717) is 5.56 Å². The third-order valence-electron chi connectivity index (χ3n) is 6.60. The van der Waals surface area contributed by atoms with Gasteiger partial charge in [0, 0.05) is 23.7 Å². The van der Waals surface area contributed by atoms with Gasteiger partial charge >= 0.3 is 5.97 Å². The van der Waals surface area contributed by atoms with Gasteiger partial charge in [0.15, 0.2) is 6.10 Å². The van der Waals surface area contributed by atoms with Crippen molar-refractivity contribution in [1.29, 1.82) is 0 Å². The number of nitro benzene ring substituents is 1. The van der Waals surface area contributed by atoms with Crippen LogP contribution in [-0.4, -0.2) is 28.4 Å². The third-order valence-corrected chi connectivity index (χ3v) is 6.60. The van der Waals surface area contributed by atoms with Crippen LogP contribution in [0, 0.1) is 27.9 Å². The van der Waals surface area contributed by atoms with E-state index in [2.05, 4.69) is 5.32 Å². The number of rotatable bonds is 6.